The first-order chi connectivity index (χ1) is 16.7. The molecule has 0 amide bonds. The number of aromatic nitrogens is 8. The van der Waals surface area contributed by atoms with Gasteiger partial charge in [-0.1, -0.05) is 42.5 Å². The van der Waals surface area contributed by atoms with Crippen molar-refractivity contribution in [3.05, 3.63) is 72.8 Å². The third-order valence-electron chi connectivity index (χ3n) is 5.92. The van der Waals surface area contributed by atoms with Gasteiger partial charge in [0.15, 0.2) is 11.3 Å². The van der Waals surface area contributed by atoms with Crippen LogP contribution >= 0.6 is 0 Å². The van der Waals surface area contributed by atoms with Crippen molar-refractivity contribution in [1.29, 1.82) is 0 Å². The molecule has 4 aromatic heterocycles. The molecule has 3 aromatic carbocycles. The summed E-state index contributed by atoms with van der Waals surface area (Å²) in [5.41, 5.74) is 17.0. The monoisotopic (exact) mass is 444 g/mol. The number of hydrogen-bond acceptors (Lipinski definition) is 8. The molecule has 0 aliphatic rings. The first kappa shape index (κ1) is 18.5. The summed E-state index contributed by atoms with van der Waals surface area (Å²) in [6, 6.07) is 23.4. The quantitative estimate of drug-likeness (QED) is 0.414. The van der Waals surface area contributed by atoms with Crippen LogP contribution in [0.2, 0.25) is 0 Å². The maximum absolute atomic E-state index is 6.20. The fourth-order valence-electron chi connectivity index (χ4n) is 4.39. The predicted molar refractivity (Wildman–Crippen MR) is 130 cm³/mol. The van der Waals surface area contributed by atoms with Crippen molar-refractivity contribution in [2.24, 2.45) is 0 Å². The van der Waals surface area contributed by atoms with E-state index < -0.39 is 0 Å². The molecule has 4 heterocycles. The first-order valence-electron chi connectivity index (χ1n) is 10.6. The van der Waals surface area contributed by atoms with Gasteiger partial charge in [0.2, 0.25) is 11.9 Å². The topological polar surface area (TPSA) is 138 Å². The summed E-state index contributed by atoms with van der Waals surface area (Å²) in [6.45, 7) is 0. The molecule has 0 aliphatic carbocycles. The molecule has 7 rings (SSSR count). The minimum Gasteiger partial charge on any atom is -0.368 e. The summed E-state index contributed by atoms with van der Waals surface area (Å²) >= 11 is 0. The molecule has 162 valence electrons. The molecule has 0 bridgehead atoms. The molecule has 0 fully saturated rings. The van der Waals surface area contributed by atoms with Gasteiger partial charge in [-0.2, -0.15) is 0 Å². The summed E-state index contributed by atoms with van der Waals surface area (Å²) in [7, 11) is 0. The van der Waals surface area contributed by atoms with Crippen molar-refractivity contribution in [2.75, 3.05) is 11.5 Å². The molecule has 10 heteroatoms. The highest BCUT2D eigenvalue weighted by molar-refractivity contribution is 5.95. The smallest absolute Gasteiger partial charge is 0.228 e. The van der Waals surface area contributed by atoms with E-state index in [1.54, 1.807) is 8.80 Å². The van der Waals surface area contributed by atoms with Gasteiger partial charge in [0.25, 0.3) is 0 Å². The van der Waals surface area contributed by atoms with Gasteiger partial charge in [0.05, 0.1) is 11.0 Å². The Hall–Kier alpha value is -5.12. The maximum atomic E-state index is 6.20. The summed E-state index contributed by atoms with van der Waals surface area (Å²) in [5.74, 6) is 1.80. The minimum absolute atomic E-state index is 0.267. The van der Waals surface area contributed by atoms with Crippen LogP contribution in [-0.2, 0) is 0 Å². The van der Waals surface area contributed by atoms with E-state index in [1.165, 1.54) is 0 Å². The van der Waals surface area contributed by atoms with Crippen molar-refractivity contribution < 1.29 is 0 Å². The van der Waals surface area contributed by atoms with Gasteiger partial charge in [-0.25, -0.2) is 18.8 Å². The Balaban J connectivity index is 1.52. The number of anilines is 2. The highest BCUT2D eigenvalue weighted by Crippen LogP contribution is 2.31. The Morgan fingerprint density at radius 3 is 1.50 bits per heavy atom. The molecule has 0 atom stereocenters. The third-order valence-corrected chi connectivity index (χ3v) is 5.92. The molecule has 34 heavy (non-hydrogen) atoms. The van der Waals surface area contributed by atoms with Crippen LogP contribution in [-0.4, -0.2) is 39.2 Å². The highest BCUT2D eigenvalue weighted by atomic mass is 15.3. The molecule has 0 saturated heterocycles. The molecule has 0 aliphatic heterocycles. The van der Waals surface area contributed by atoms with E-state index in [1.807, 2.05) is 72.8 Å². The zero-order valence-corrected chi connectivity index (χ0v) is 17.7. The number of para-hydroxylation sites is 2. The van der Waals surface area contributed by atoms with Gasteiger partial charge in [-0.05, 0) is 30.3 Å². The summed E-state index contributed by atoms with van der Waals surface area (Å²) in [5, 5.41) is 18.5. The number of nitrogen functional groups attached to an aromatic ring is 2. The first-order valence-corrected chi connectivity index (χ1v) is 10.6. The Kier molecular flexibility index (Phi) is 3.63. The van der Waals surface area contributed by atoms with E-state index in [2.05, 4.69) is 20.4 Å². The van der Waals surface area contributed by atoms with E-state index in [-0.39, 0.29) is 11.9 Å². The molecule has 0 unspecified atom stereocenters. The number of nitrogens with two attached hydrogens (primary N) is 2. The lowest BCUT2D eigenvalue weighted by Gasteiger charge is -2.11. The lowest BCUT2D eigenvalue weighted by Crippen LogP contribution is -2.03. The maximum Gasteiger partial charge on any atom is 0.228 e. The van der Waals surface area contributed by atoms with Gasteiger partial charge in [-0.15, -0.1) is 20.4 Å². The normalized spacial score (nSPS) is 11.8. The van der Waals surface area contributed by atoms with Gasteiger partial charge in [-0.3, -0.25) is 0 Å². The molecule has 0 spiro atoms. The second-order valence-electron chi connectivity index (χ2n) is 7.92. The fraction of sp³-hybridized carbons (Fsp3) is 0. The summed E-state index contributed by atoms with van der Waals surface area (Å²) < 4.78 is 3.52. The van der Waals surface area contributed by atoms with Crippen LogP contribution < -0.4 is 11.5 Å². The van der Waals surface area contributed by atoms with Crippen LogP contribution in [0.5, 0.6) is 0 Å². The van der Waals surface area contributed by atoms with E-state index in [0.29, 0.717) is 22.9 Å². The Morgan fingerprint density at radius 2 is 1.00 bits per heavy atom. The second-order valence-corrected chi connectivity index (χ2v) is 7.92. The van der Waals surface area contributed by atoms with Gasteiger partial charge < -0.3 is 11.5 Å². The van der Waals surface area contributed by atoms with Gasteiger partial charge >= 0.3 is 0 Å². The number of fused-ring (bicyclic) bond motifs is 6. The minimum atomic E-state index is 0.267. The molecule has 7 aromatic rings. The molecule has 4 N–H and O–H groups in total. The summed E-state index contributed by atoms with van der Waals surface area (Å²) in [4.78, 5) is 9.78. The molecule has 0 radical (unpaired) electrons. The van der Waals surface area contributed by atoms with Crippen molar-refractivity contribution in [3.8, 4) is 22.8 Å². The lowest BCUT2D eigenvalue weighted by atomic mass is 10.1. The van der Waals surface area contributed by atoms with Crippen LogP contribution in [0.25, 0.3) is 55.9 Å². The van der Waals surface area contributed by atoms with Crippen molar-refractivity contribution in [1.82, 2.24) is 39.2 Å². The molecular formula is C24H16N10. The Morgan fingerprint density at radius 1 is 0.529 bits per heavy atom. The summed E-state index contributed by atoms with van der Waals surface area (Å²) in [6.07, 6.45) is 0. The average molecular weight is 444 g/mol. The fourth-order valence-corrected chi connectivity index (χ4v) is 4.39. The van der Waals surface area contributed by atoms with Crippen molar-refractivity contribution in [3.63, 3.8) is 0 Å². The van der Waals surface area contributed by atoms with Crippen LogP contribution in [0.1, 0.15) is 0 Å². The Bertz CT molecular complexity index is 1760. The van der Waals surface area contributed by atoms with E-state index in [4.69, 9.17) is 21.4 Å². The van der Waals surface area contributed by atoms with E-state index in [0.717, 1.165) is 32.9 Å². The highest BCUT2D eigenvalue weighted by Gasteiger charge is 2.18. The molecular weight excluding hydrogens is 428 g/mol. The van der Waals surface area contributed by atoms with Crippen LogP contribution in [0.3, 0.4) is 0 Å². The zero-order chi connectivity index (χ0) is 22.8. The van der Waals surface area contributed by atoms with E-state index >= 15 is 0 Å². The largest absolute Gasteiger partial charge is 0.368 e. The van der Waals surface area contributed by atoms with Crippen LogP contribution in [0.15, 0.2) is 72.8 Å². The average Bonchev–Trinajstić information content (AvgIpc) is 3.47. The van der Waals surface area contributed by atoms with Gasteiger partial charge in [0, 0.05) is 21.9 Å². The zero-order valence-electron chi connectivity index (χ0n) is 17.7. The number of rotatable bonds is 2. The number of nitrogens with zero attached hydrogens (tertiary/aromatic N) is 8. The van der Waals surface area contributed by atoms with E-state index in [9.17, 15) is 0 Å². The second kappa shape index (κ2) is 6.69. The Labute approximate surface area is 191 Å². The third kappa shape index (κ3) is 2.50. The SMILES string of the molecule is Nc1nnc2c3ccccc3nc(-c3cccc(-c4nc5ccccc5c5nnc(N)n45)c3)n12. The van der Waals surface area contributed by atoms with Crippen LogP contribution in [0, 0.1) is 0 Å². The van der Waals surface area contributed by atoms with Gasteiger partial charge in [0.1, 0.15) is 11.6 Å². The standard InChI is InChI=1S/C24H16N10/c25-23-31-29-21-15-8-1-3-10-17(15)27-19(33(21)23)13-6-5-7-14(12-13)20-28-18-11-4-2-9-16(18)22-30-32-24(26)34(20)22/h1-12H,(H2,25,31)(H2,26,32). The van der Waals surface area contributed by atoms with Crippen molar-refractivity contribution >= 4 is 45.0 Å². The molecule has 10 nitrogen and oxygen atoms in total. The molecule has 0 saturated carbocycles. The number of hydrogen-bond donors (Lipinski definition) is 2. The predicted octanol–water partition coefficient (Wildman–Crippen LogP) is 3.37. The van der Waals surface area contributed by atoms with Crippen molar-refractivity contribution in [2.45, 2.75) is 0 Å². The number of benzene rings is 3. The van der Waals surface area contributed by atoms with Crippen LogP contribution in [0.4, 0.5) is 11.9 Å². The lowest BCUT2D eigenvalue weighted by molar-refractivity contribution is 1.10.